The number of esters is 1. The summed E-state index contributed by atoms with van der Waals surface area (Å²) >= 11 is 0. The monoisotopic (exact) mass is 276 g/mol. The van der Waals surface area contributed by atoms with Crippen molar-refractivity contribution in [2.45, 2.75) is 32.2 Å². The molecule has 0 aromatic heterocycles. The number of benzene rings is 1. The summed E-state index contributed by atoms with van der Waals surface area (Å²) in [5, 5.41) is 9.00. The van der Waals surface area contributed by atoms with Crippen molar-refractivity contribution in [2.75, 3.05) is 6.61 Å². The third kappa shape index (κ3) is 6.23. The Bertz CT molecular complexity index is 466. The summed E-state index contributed by atoms with van der Waals surface area (Å²) in [4.78, 5) is 11.9. The highest BCUT2D eigenvalue weighted by Crippen LogP contribution is 2.06. The van der Waals surface area contributed by atoms with E-state index in [4.69, 9.17) is 9.84 Å². The van der Waals surface area contributed by atoms with Crippen LogP contribution in [-0.2, 0) is 4.74 Å². The molecular formula is C15H20O3Si. The smallest absolute Gasteiger partial charge is 0.339 e. The standard InChI is InChI=1S/C15H20O3Si/c1-19(2,3)12-10-14(9-11-16)18-15(17)13-7-5-4-6-8-13/h4-8,14,16H,9,11H2,1-3H3. The van der Waals surface area contributed by atoms with Crippen molar-refractivity contribution >= 4 is 14.0 Å². The van der Waals surface area contributed by atoms with Crippen molar-refractivity contribution in [3.63, 3.8) is 0 Å². The molecule has 102 valence electrons. The van der Waals surface area contributed by atoms with E-state index in [-0.39, 0.29) is 6.61 Å². The van der Waals surface area contributed by atoms with Gasteiger partial charge in [-0.25, -0.2) is 4.79 Å². The van der Waals surface area contributed by atoms with Crippen molar-refractivity contribution in [2.24, 2.45) is 0 Å². The number of hydrogen-bond donors (Lipinski definition) is 1. The number of ether oxygens (including phenoxy) is 1. The molecule has 0 saturated heterocycles. The van der Waals surface area contributed by atoms with Crippen LogP contribution in [0.25, 0.3) is 0 Å². The van der Waals surface area contributed by atoms with Gasteiger partial charge in [-0.2, -0.15) is 0 Å². The van der Waals surface area contributed by atoms with Gasteiger partial charge in [0, 0.05) is 13.0 Å². The fraction of sp³-hybridized carbons (Fsp3) is 0.400. The lowest BCUT2D eigenvalue weighted by Gasteiger charge is -2.12. The topological polar surface area (TPSA) is 46.5 Å². The first-order valence-electron chi connectivity index (χ1n) is 6.32. The first kappa shape index (κ1) is 15.5. The Labute approximate surface area is 115 Å². The van der Waals surface area contributed by atoms with Gasteiger partial charge in [0.15, 0.2) is 6.10 Å². The maximum Gasteiger partial charge on any atom is 0.339 e. The summed E-state index contributed by atoms with van der Waals surface area (Å²) in [6.07, 6.45) is -0.194. The van der Waals surface area contributed by atoms with Crippen LogP contribution in [-0.4, -0.2) is 31.9 Å². The summed E-state index contributed by atoms with van der Waals surface area (Å²) in [7, 11) is -1.51. The molecule has 1 rings (SSSR count). The van der Waals surface area contributed by atoms with Gasteiger partial charge in [-0.3, -0.25) is 0 Å². The molecule has 1 unspecified atom stereocenters. The zero-order valence-electron chi connectivity index (χ0n) is 11.6. The molecule has 1 N–H and O–H groups in total. The first-order valence-corrected chi connectivity index (χ1v) is 9.82. The third-order valence-corrected chi connectivity index (χ3v) is 3.15. The predicted octanol–water partition coefficient (Wildman–Crippen LogP) is 2.48. The van der Waals surface area contributed by atoms with Gasteiger partial charge in [0.1, 0.15) is 8.07 Å². The van der Waals surface area contributed by atoms with Crippen LogP contribution in [0.1, 0.15) is 16.8 Å². The number of carbonyl (C=O) groups is 1. The second kappa shape index (κ2) is 7.12. The van der Waals surface area contributed by atoms with Crippen LogP contribution in [0.5, 0.6) is 0 Å². The van der Waals surface area contributed by atoms with Gasteiger partial charge in [0.05, 0.1) is 5.56 Å². The van der Waals surface area contributed by atoms with E-state index in [1.165, 1.54) is 0 Å². The summed E-state index contributed by atoms with van der Waals surface area (Å²) < 4.78 is 5.32. The molecule has 0 aliphatic carbocycles. The number of rotatable bonds is 4. The van der Waals surface area contributed by atoms with Gasteiger partial charge in [-0.1, -0.05) is 43.8 Å². The average Bonchev–Trinajstić information content (AvgIpc) is 2.36. The molecular weight excluding hydrogens is 256 g/mol. The average molecular weight is 276 g/mol. The molecule has 0 bridgehead atoms. The second-order valence-electron chi connectivity index (χ2n) is 5.29. The lowest BCUT2D eigenvalue weighted by molar-refractivity contribution is 0.0369. The third-order valence-electron chi connectivity index (χ3n) is 2.26. The number of carbonyl (C=O) groups excluding carboxylic acids is 1. The predicted molar refractivity (Wildman–Crippen MR) is 78.5 cm³/mol. The fourth-order valence-electron chi connectivity index (χ4n) is 1.35. The maximum atomic E-state index is 11.9. The number of hydrogen-bond acceptors (Lipinski definition) is 3. The molecule has 0 amide bonds. The van der Waals surface area contributed by atoms with Gasteiger partial charge in [-0.05, 0) is 12.1 Å². The van der Waals surface area contributed by atoms with Crippen molar-refractivity contribution in [3.8, 4) is 11.5 Å². The Balaban J connectivity index is 2.73. The zero-order valence-corrected chi connectivity index (χ0v) is 12.6. The van der Waals surface area contributed by atoms with Crippen molar-refractivity contribution in [3.05, 3.63) is 35.9 Å². The maximum absolute atomic E-state index is 11.9. The summed E-state index contributed by atoms with van der Waals surface area (Å²) in [5.74, 6) is 2.57. The minimum atomic E-state index is -1.51. The Kier molecular flexibility index (Phi) is 5.81. The van der Waals surface area contributed by atoms with Crippen LogP contribution in [0.2, 0.25) is 19.6 Å². The molecule has 0 radical (unpaired) electrons. The van der Waals surface area contributed by atoms with Crippen molar-refractivity contribution in [1.82, 2.24) is 0 Å². The van der Waals surface area contributed by atoms with E-state index in [0.29, 0.717) is 12.0 Å². The lowest BCUT2D eigenvalue weighted by Crippen LogP contribution is -2.21. The molecule has 0 saturated carbocycles. The van der Waals surface area contributed by atoms with E-state index >= 15 is 0 Å². The van der Waals surface area contributed by atoms with E-state index in [9.17, 15) is 4.79 Å². The quantitative estimate of drug-likeness (QED) is 0.522. The van der Waals surface area contributed by atoms with Crippen LogP contribution in [0, 0.1) is 11.5 Å². The molecule has 0 aliphatic rings. The van der Waals surface area contributed by atoms with Gasteiger partial charge in [0.2, 0.25) is 0 Å². The normalized spacial score (nSPS) is 12.2. The zero-order chi connectivity index (χ0) is 14.3. The van der Waals surface area contributed by atoms with Gasteiger partial charge < -0.3 is 9.84 Å². The van der Waals surface area contributed by atoms with Gasteiger partial charge in [-0.15, -0.1) is 5.54 Å². The highest BCUT2D eigenvalue weighted by Gasteiger charge is 2.15. The van der Waals surface area contributed by atoms with Crippen LogP contribution in [0.3, 0.4) is 0 Å². The van der Waals surface area contributed by atoms with E-state index < -0.39 is 20.1 Å². The van der Waals surface area contributed by atoms with E-state index in [1.54, 1.807) is 24.3 Å². The molecule has 0 spiro atoms. The second-order valence-corrected chi connectivity index (χ2v) is 10.0. The molecule has 19 heavy (non-hydrogen) atoms. The Hall–Kier alpha value is -1.57. The highest BCUT2D eigenvalue weighted by molar-refractivity contribution is 6.83. The molecule has 4 heteroatoms. The molecule has 0 fully saturated rings. The highest BCUT2D eigenvalue weighted by atomic mass is 28.3. The number of aliphatic hydroxyl groups is 1. The largest absolute Gasteiger partial charge is 0.445 e. The molecule has 1 aromatic carbocycles. The molecule has 0 heterocycles. The van der Waals surface area contributed by atoms with E-state index in [1.807, 2.05) is 6.07 Å². The summed E-state index contributed by atoms with van der Waals surface area (Å²) in [5.41, 5.74) is 3.66. The van der Waals surface area contributed by atoms with Gasteiger partial charge >= 0.3 is 5.97 Å². The van der Waals surface area contributed by atoms with Crippen LogP contribution < -0.4 is 0 Å². The minimum absolute atomic E-state index is 0.0485. The molecule has 3 nitrogen and oxygen atoms in total. The van der Waals surface area contributed by atoms with Crippen LogP contribution in [0.4, 0.5) is 0 Å². The first-order chi connectivity index (χ1) is 8.92. The lowest BCUT2D eigenvalue weighted by atomic mass is 10.2. The SMILES string of the molecule is C[Si](C)(C)C#CC(CCO)OC(=O)c1ccccc1. The van der Waals surface area contributed by atoms with Crippen molar-refractivity contribution in [1.29, 1.82) is 0 Å². The molecule has 1 atom stereocenters. The molecule has 1 aromatic rings. The molecule has 0 aliphatic heterocycles. The summed E-state index contributed by atoms with van der Waals surface area (Å²) in [6, 6.07) is 8.80. The van der Waals surface area contributed by atoms with E-state index in [0.717, 1.165) is 0 Å². The Morgan fingerprint density at radius 2 is 1.95 bits per heavy atom. The van der Waals surface area contributed by atoms with E-state index in [2.05, 4.69) is 31.1 Å². The van der Waals surface area contributed by atoms with Gasteiger partial charge in [0.25, 0.3) is 0 Å². The Morgan fingerprint density at radius 3 is 2.47 bits per heavy atom. The van der Waals surface area contributed by atoms with Crippen LogP contribution in [0.15, 0.2) is 30.3 Å². The number of aliphatic hydroxyl groups excluding tert-OH is 1. The minimum Gasteiger partial charge on any atom is -0.445 e. The fourth-order valence-corrected chi connectivity index (χ4v) is 1.94. The van der Waals surface area contributed by atoms with Crippen molar-refractivity contribution < 1.29 is 14.6 Å². The van der Waals surface area contributed by atoms with Crippen LogP contribution >= 0.6 is 0 Å². The Morgan fingerprint density at radius 1 is 1.32 bits per heavy atom. The summed E-state index contributed by atoms with van der Waals surface area (Å²) in [6.45, 7) is 6.31.